The molecule has 1 fully saturated rings. The molecule has 0 bridgehead atoms. The van der Waals surface area contributed by atoms with Gasteiger partial charge in [-0.15, -0.1) is 0 Å². The third kappa shape index (κ3) is 3.73. The van der Waals surface area contributed by atoms with Crippen molar-refractivity contribution in [2.24, 2.45) is 5.41 Å². The molecule has 0 heterocycles. The van der Waals surface area contributed by atoms with Crippen molar-refractivity contribution >= 4 is 29.2 Å². The fourth-order valence-corrected chi connectivity index (χ4v) is 3.00. The van der Waals surface area contributed by atoms with Crippen LogP contribution in [0.25, 0.3) is 0 Å². The summed E-state index contributed by atoms with van der Waals surface area (Å²) in [6.07, 6.45) is 3.56. The van der Waals surface area contributed by atoms with Gasteiger partial charge in [-0.05, 0) is 31.0 Å². The van der Waals surface area contributed by atoms with Gasteiger partial charge in [-0.2, -0.15) is 0 Å². The monoisotopic (exact) mass is 313 g/mol. The van der Waals surface area contributed by atoms with Gasteiger partial charge in [-0.25, -0.2) is 4.39 Å². The highest BCUT2D eigenvalue weighted by atomic mass is 35.5. The van der Waals surface area contributed by atoms with Gasteiger partial charge < -0.3 is 10.4 Å². The SMILES string of the molecule is O=C(CC1(C(=O)O)CCCCC1)Nc1ccc(F)cc1Cl. The topological polar surface area (TPSA) is 66.4 Å². The van der Waals surface area contributed by atoms with Gasteiger partial charge in [0.15, 0.2) is 0 Å². The molecular weight excluding hydrogens is 297 g/mol. The van der Waals surface area contributed by atoms with E-state index >= 15 is 0 Å². The number of hydrogen-bond donors (Lipinski definition) is 2. The molecule has 2 rings (SSSR count). The molecular formula is C15H17ClFNO3. The van der Waals surface area contributed by atoms with Crippen LogP contribution in [0.1, 0.15) is 38.5 Å². The summed E-state index contributed by atoms with van der Waals surface area (Å²) < 4.78 is 12.9. The fourth-order valence-electron chi connectivity index (χ4n) is 2.79. The van der Waals surface area contributed by atoms with Crippen LogP contribution in [0.3, 0.4) is 0 Å². The smallest absolute Gasteiger partial charge is 0.310 e. The molecule has 21 heavy (non-hydrogen) atoms. The zero-order valence-electron chi connectivity index (χ0n) is 11.5. The van der Waals surface area contributed by atoms with Crippen molar-refractivity contribution in [1.29, 1.82) is 0 Å². The molecule has 4 nitrogen and oxygen atoms in total. The van der Waals surface area contributed by atoms with Gasteiger partial charge in [-0.1, -0.05) is 30.9 Å². The Morgan fingerprint density at radius 3 is 2.52 bits per heavy atom. The third-order valence-electron chi connectivity index (χ3n) is 3.97. The summed E-state index contributed by atoms with van der Waals surface area (Å²) in [5, 5.41) is 12.1. The van der Waals surface area contributed by atoms with Crippen molar-refractivity contribution in [2.45, 2.75) is 38.5 Å². The Hall–Kier alpha value is -1.62. The molecule has 0 saturated heterocycles. The standard InChI is InChI=1S/C15H17ClFNO3/c16-11-8-10(17)4-5-12(11)18-13(19)9-15(14(20)21)6-2-1-3-7-15/h4-5,8H,1-3,6-7,9H2,(H,18,19)(H,20,21). The van der Waals surface area contributed by atoms with Crippen molar-refractivity contribution in [1.82, 2.24) is 0 Å². The van der Waals surface area contributed by atoms with Gasteiger partial charge in [0.1, 0.15) is 5.82 Å². The van der Waals surface area contributed by atoms with Gasteiger partial charge in [0.2, 0.25) is 5.91 Å². The molecule has 1 aromatic rings. The average molecular weight is 314 g/mol. The number of carbonyl (C=O) groups excluding carboxylic acids is 1. The molecule has 6 heteroatoms. The van der Waals surface area contributed by atoms with Crippen LogP contribution >= 0.6 is 11.6 Å². The average Bonchev–Trinajstić information content (AvgIpc) is 2.43. The van der Waals surface area contributed by atoms with Crippen LogP contribution in [0.15, 0.2) is 18.2 Å². The van der Waals surface area contributed by atoms with Crippen LogP contribution < -0.4 is 5.32 Å². The zero-order valence-corrected chi connectivity index (χ0v) is 12.3. The lowest BCUT2D eigenvalue weighted by atomic mass is 9.71. The first-order valence-electron chi connectivity index (χ1n) is 6.91. The number of benzene rings is 1. The largest absolute Gasteiger partial charge is 0.481 e. The molecule has 0 atom stereocenters. The van der Waals surface area contributed by atoms with E-state index < -0.39 is 23.1 Å². The summed E-state index contributed by atoms with van der Waals surface area (Å²) in [5.41, 5.74) is -0.700. The minimum Gasteiger partial charge on any atom is -0.481 e. The highest BCUT2D eigenvalue weighted by Gasteiger charge is 2.41. The number of nitrogens with one attached hydrogen (secondary N) is 1. The third-order valence-corrected chi connectivity index (χ3v) is 4.28. The molecule has 1 aliphatic carbocycles. The maximum absolute atomic E-state index is 12.9. The van der Waals surface area contributed by atoms with Crippen molar-refractivity contribution in [3.63, 3.8) is 0 Å². The predicted molar refractivity (Wildman–Crippen MR) is 77.8 cm³/mol. The van der Waals surface area contributed by atoms with Crippen LogP contribution in [0.5, 0.6) is 0 Å². The molecule has 0 aromatic heterocycles. The maximum Gasteiger partial charge on any atom is 0.310 e. The normalized spacial score (nSPS) is 17.2. The van der Waals surface area contributed by atoms with Gasteiger partial charge in [0, 0.05) is 6.42 Å². The molecule has 1 saturated carbocycles. The van der Waals surface area contributed by atoms with Crippen LogP contribution in [-0.4, -0.2) is 17.0 Å². The summed E-state index contributed by atoms with van der Waals surface area (Å²) in [7, 11) is 0. The van der Waals surface area contributed by atoms with Crippen molar-refractivity contribution < 1.29 is 19.1 Å². The molecule has 114 valence electrons. The van der Waals surface area contributed by atoms with E-state index in [4.69, 9.17) is 11.6 Å². The lowest BCUT2D eigenvalue weighted by Crippen LogP contribution is -2.37. The number of carboxylic acid groups (broad SMARTS) is 1. The Bertz CT molecular complexity index is 556. The Balaban J connectivity index is 2.07. The number of halogens is 2. The first-order valence-corrected chi connectivity index (χ1v) is 7.29. The number of rotatable bonds is 4. The quantitative estimate of drug-likeness (QED) is 0.887. The molecule has 0 radical (unpaired) electrons. The molecule has 2 N–H and O–H groups in total. The number of amides is 1. The van der Waals surface area contributed by atoms with Gasteiger partial charge in [0.05, 0.1) is 16.1 Å². The number of carbonyl (C=O) groups is 2. The van der Waals surface area contributed by atoms with Crippen molar-refractivity contribution in [2.75, 3.05) is 5.32 Å². The number of carboxylic acids is 1. The predicted octanol–water partition coefficient (Wildman–Crippen LogP) is 3.84. The van der Waals surface area contributed by atoms with E-state index in [2.05, 4.69) is 5.32 Å². The molecule has 1 aromatic carbocycles. The summed E-state index contributed by atoms with van der Waals surface area (Å²) in [4.78, 5) is 23.6. The second-order valence-electron chi connectivity index (χ2n) is 5.50. The summed E-state index contributed by atoms with van der Waals surface area (Å²) >= 11 is 5.84. The second-order valence-corrected chi connectivity index (χ2v) is 5.90. The van der Waals surface area contributed by atoms with Crippen LogP contribution in [0.4, 0.5) is 10.1 Å². The summed E-state index contributed by atoms with van der Waals surface area (Å²) in [5.74, 6) is -1.83. The van der Waals surface area contributed by atoms with E-state index in [0.717, 1.165) is 25.3 Å². The number of aliphatic carboxylic acids is 1. The summed E-state index contributed by atoms with van der Waals surface area (Å²) in [6.45, 7) is 0. The highest BCUT2D eigenvalue weighted by molar-refractivity contribution is 6.33. The molecule has 0 spiro atoms. The van der Waals surface area contributed by atoms with E-state index in [9.17, 15) is 19.1 Å². The molecule has 0 aliphatic heterocycles. The van der Waals surface area contributed by atoms with E-state index in [1.54, 1.807) is 0 Å². The Morgan fingerprint density at radius 1 is 1.29 bits per heavy atom. The maximum atomic E-state index is 12.9. The van der Waals surface area contributed by atoms with E-state index in [1.165, 1.54) is 12.1 Å². The van der Waals surface area contributed by atoms with Gasteiger partial charge in [-0.3, -0.25) is 9.59 Å². The lowest BCUT2D eigenvalue weighted by molar-refractivity contribution is -0.153. The van der Waals surface area contributed by atoms with Gasteiger partial charge in [0.25, 0.3) is 0 Å². The van der Waals surface area contributed by atoms with Crippen molar-refractivity contribution in [3.8, 4) is 0 Å². The summed E-state index contributed by atoms with van der Waals surface area (Å²) in [6, 6.07) is 3.66. The first-order chi connectivity index (χ1) is 9.93. The Kier molecular flexibility index (Phi) is 4.83. The highest BCUT2D eigenvalue weighted by Crippen LogP contribution is 2.40. The van der Waals surface area contributed by atoms with Gasteiger partial charge >= 0.3 is 5.97 Å². The van der Waals surface area contributed by atoms with E-state index in [-0.39, 0.29) is 11.4 Å². The minimum atomic E-state index is -0.991. The zero-order chi connectivity index (χ0) is 15.5. The molecule has 1 aliphatic rings. The van der Waals surface area contributed by atoms with Crippen LogP contribution in [0, 0.1) is 11.2 Å². The van der Waals surface area contributed by atoms with Crippen LogP contribution in [0.2, 0.25) is 5.02 Å². The minimum absolute atomic E-state index is 0.0873. The van der Waals surface area contributed by atoms with Crippen LogP contribution in [-0.2, 0) is 9.59 Å². The molecule has 1 amide bonds. The van der Waals surface area contributed by atoms with E-state index in [0.29, 0.717) is 18.5 Å². The lowest BCUT2D eigenvalue weighted by Gasteiger charge is -2.32. The van der Waals surface area contributed by atoms with Crippen molar-refractivity contribution in [3.05, 3.63) is 29.0 Å². The van der Waals surface area contributed by atoms with E-state index in [1.807, 2.05) is 0 Å². The Morgan fingerprint density at radius 2 is 1.95 bits per heavy atom. The molecule has 0 unspecified atom stereocenters. The second kappa shape index (κ2) is 6.43. The Labute approximate surface area is 127 Å². The number of hydrogen-bond acceptors (Lipinski definition) is 2. The number of anilines is 1. The fraction of sp³-hybridized carbons (Fsp3) is 0.467. The first kappa shape index (κ1) is 15.8.